The fourth-order valence-corrected chi connectivity index (χ4v) is 3.66. The largest absolute Gasteiger partial charge is 0.298 e. The zero-order valence-corrected chi connectivity index (χ0v) is 14.1. The van der Waals surface area contributed by atoms with Gasteiger partial charge in [-0.25, -0.2) is 8.78 Å². The fraction of sp³-hybridized carbons (Fsp3) is 0.150. The van der Waals surface area contributed by atoms with Crippen molar-refractivity contribution in [1.29, 1.82) is 0 Å². The lowest BCUT2D eigenvalue weighted by Crippen LogP contribution is -1.95. The van der Waals surface area contributed by atoms with Crippen molar-refractivity contribution < 1.29 is 18.0 Å². The SMILES string of the molecule is O=Cc1ccc(-c2ccc(-c3ccc(CCCF)s3)cc2)c(F)c1F. The predicted molar refractivity (Wildman–Crippen MR) is 94.8 cm³/mol. The number of aryl methyl sites for hydroxylation is 1. The number of carbonyl (C=O) groups is 1. The van der Waals surface area contributed by atoms with E-state index in [1.54, 1.807) is 23.5 Å². The van der Waals surface area contributed by atoms with Crippen LogP contribution in [-0.2, 0) is 6.42 Å². The van der Waals surface area contributed by atoms with Crippen molar-refractivity contribution in [2.45, 2.75) is 12.8 Å². The summed E-state index contributed by atoms with van der Waals surface area (Å²) in [7, 11) is 0. The third-order valence-electron chi connectivity index (χ3n) is 3.94. The van der Waals surface area contributed by atoms with Crippen LogP contribution in [0, 0.1) is 11.6 Å². The minimum absolute atomic E-state index is 0.115. The van der Waals surface area contributed by atoms with E-state index in [-0.39, 0.29) is 17.8 Å². The molecular weight excluding hydrogens is 345 g/mol. The first-order chi connectivity index (χ1) is 12.1. The maximum Gasteiger partial charge on any atom is 0.169 e. The molecule has 5 heteroatoms. The van der Waals surface area contributed by atoms with E-state index in [0.717, 1.165) is 15.3 Å². The van der Waals surface area contributed by atoms with Gasteiger partial charge in [-0.2, -0.15) is 0 Å². The highest BCUT2D eigenvalue weighted by Crippen LogP contribution is 2.32. The Morgan fingerprint density at radius 2 is 1.60 bits per heavy atom. The van der Waals surface area contributed by atoms with Gasteiger partial charge in [0, 0.05) is 15.3 Å². The van der Waals surface area contributed by atoms with Gasteiger partial charge in [0.15, 0.2) is 17.9 Å². The fourth-order valence-electron chi connectivity index (χ4n) is 2.60. The number of benzene rings is 2. The standard InChI is InChI=1S/C20H15F3OS/c21-11-1-2-16-8-10-18(25-16)14-5-3-13(4-6-14)17-9-7-15(12-24)19(22)20(17)23/h3-10,12H,1-2,11H2. The Labute approximate surface area is 147 Å². The Morgan fingerprint density at radius 3 is 2.28 bits per heavy atom. The van der Waals surface area contributed by atoms with Crippen LogP contribution in [0.25, 0.3) is 21.6 Å². The average Bonchev–Trinajstić information content (AvgIpc) is 3.11. The Kier molecular flexibility index (Phi) is 5.34. The summed E-state index contributed by atoms with van der Waals surface area (Å²) in [5.41, 5.74) is 1.32. The highest BCUT2D eigenvalue weighted by molar-refractivity contribution is 7.15. The van der Waals surface area contributed by atoms with Crippen molar-refractivity contribution in [1.82, 2.24) is 0 Å². The molecule has 0 atom stereocenters. The van der Waals surface area contributed by atoms with Crippen molar-refractivity contribution in [3.05, 3.63) is 70.6 Å². The second kappa shape index (κ2) is 7.66. The van der Waals surface area contributed by atoms with Crippen molar-refractivity contribution >= 4 is 17.6 Å². The molecule has 0 N–H and O–H groups in total. The topological polar surface area (TPSA) is 17.1 Å². The van der Waals surface area contributed by atoms with Gasteiger partial charge >= 0.3 is 0 Å². The van der Waals surface area contributed by atoms with Gasteiger partial charge < -0.3 is 0 Å². The average molecular weight is 360 g/mol. The summed E-state index contributed by atoms with van der Waals surface area (Å²) in [6.07, 6.45) is 1.52. The monoisotopic (exact) mass is 360 g/mol. The minimum atomic E-state index is -1.13. The third-order valence-corrected chi connectivity index (χ3v) is 5.13. The zero-order chi connectivity index (χ0) is 17.8. The first-order valence-corrected chi connectivity index (χ1v) is 8.64. The van der Waals surface area contributed by atoms with E-state index < -0.39 is 11.6 Å². The van der Waals surface area contributed by atoms with Gasteiger partial charge in [0.1, 0.15) is 0 Å². The Morgan fingerprint density at radius 1 is 0.880 bits per heavy atom. The summed E-state index contributed by atoms with van der Waals surface area (Å²) in [4.78, 5) is 12.8. The molecule has 0 saturated heterocycles. The Hall–Kier alpha value is -2.40. The first kappa shape index (κ1) is 17.4. The zero-order valence-electron chi connectivity index (χ0n) is 13.3. The molecule has 128 valence electrons. The van der Waals surface area contributed by atoms with Gasteiger partial charge in [0.25, 0.3) is 0 Å². The smallest absolute Gasteiger partial charge is 0.169 e. The van der Waals surface area contributed by atoms with Crippen molar-refractivity contribution in [3.8, 4) is 21.6 Å². The van der Waals surface area contributed by atoms with Crippen LogP contribution in [0.15, 0.2) is 48.5 Å². The maximum atomic E-state index is 14.1. The molecule has 1 aromatic heterocycles. The Bertz CT molecular complexity index is 884. The second-order valence-corrected chi connectivity index (χ2v) is 6.75. The van der Waals surface area contributed by atoms with Crippen LogP contribution < -0.4 is 0 Å². The van der Waals surface area contributed by atoms with Gasteiger partial charge in [0.05, 0.1) is 12.2 Å². The molecule has 2 aromatic carbocycles. The summed E-state index contributed by atoms with van der Waals surface area (Å²) in [5.74, 6) is -2.16. The van der Waals surface area contributed by atoms with E-state index in [4.69, 9.17) is 0 Å². The summed E-state index contributed by atoms with van der Waals surface area (Å²) in [5, 5.41) is 0. The molecule has 0 aliphatic heterocycles. The summed E-state index contributed by atoms with van der Waals surface area (Å²) < 4.78 is 40.1. The van der Waals surface area contributed by atoms with Gasteiger partial charge in [-0.05, 0) is 42.2 Å². The highest BCUT2D eigenvalue weighted by atomic mass is 32.1. The molecule has 0 unspecified atom stereocenters. The number of hydrogen-bond donors (Lipinski definition) is 0. The van der Waals surface area contributed by atoms with Crippen molar-refractivity contribution in [2.24, 2.45) is 0 Å². The molecular formula is C20H15F3OS. The number of carbonyl (C=O) groups excluding carboxylic acids is 1. The number of alkyl halides is 1. The first-order valence-electron chi connectivity index (χ1n) is 7.82. The molecule has 0 radical (unpaired) electrons. The number of thiophene rings is 1. The molecule has 0 spiro atoms. The molecule has 1 heterocycles. The number of rotatable bonds is 6. The van der Waals surface area contributed by atoms with E-state index in [1.807, 2.05) is 24.3 Å². The lowest BCUT2D eigenvalue weighted by atomic mass is 10.0. The normalized spacial score (nSPS) is 10.8. The van der Waals surface area contributed by atoms with Gasteiger partial charge in [0.2, 0.25) is 0 Å². The molecule has 0 bridgehead atoms. The predicted octanol–water partition coefficient (Wildman–Crippen LogP) is 6.07. The lowest BCUT2D eigenvalue weighted by Gasteiger charge is -2.07. The molecule has 0 amide bonds. The Balaban J connectivity index is 1.86. The van der Waals surface area contributed by atoms with Crippen LogP contribution in [0.5, 0.6) is 0 Å². The number of halogens is 3. The summed E-state index contributed by atoms with van der Waals surface area (Å²) in [6.45, 7) is -0.326. The number of hydrogen-bond acceptors (Lipinski definition) is 2. The lowest BCUT2D eigenvalue weighted by molar-refractivity contribution is 0.111. The third kappa shape index (κ3) is 3.66. The molecule has 0 saturated carbocycles. The van der Waals surface area contributed by atoms with Crippen LogP contribution >= 0.6 is 11.3 Å². The second-order valence-electron chi connectivity index (χ2n) is 5.58. The summed E-state index contributed by atoms with van der Waals surface area (Å²) >= 11 is 1.60. The van der Waals surface area contributed by atoms with Crippen LogP contribution in [0.4, 0.5) is 13.2 Å². The molecule has 1 nitrogen and oxygen atoms in total. The van der Waals surface area contributed by atoms with Crippen molar-refractivity contribution in [3.63, 3.8) is 0 Å². The number of aldehydes is 1. The molecule has 0 aliphatic carbocycles. The van der Waals surface area contributed by atoms with E-state index in [1.165, 1.54) is 12.1 Å². The molecule has 0 aliphatic rings. The molecule has 0 fully saturated rings. The summed E-state index contributed by atoms with van der Waals surface area (Å²) in [6, 6.07) is 13.7. The van der Waals surface area contributed by atoms with E-state index in [9.17, 15) is 18.0 Å². The van der Waals surface area contributed by atoms with Crippen LogP contribution in [-0.4, -0.2) is 13.0 Å². The van der Waals surface area contributed by atoms with Gasteiger partial charge in [-0.3, -0.25) is 9.18 Å². The van der Waals surface area contributed by atoms with E-state index >= 15 is 0 Å². The van der Waals surface area contributed by atoms with Crippen LogP contribution in [0.2, 0.25) is 0 Å². The highest BCUT2D eigenvalue weighted by Gasteiger charge is 2.14. The van der Waals surface area contributed by atoms with E-state index in [0.29, 0.717) is 24.7 Å². The molecule has 3 rings (SSSR count). The quantitative estimate of drug-likeness (QED) is 0.487. The van der Waals surface area contributed by atoms with Crippen LogP contribution in [0.1, 0.15) is 21.7 Å². The van der Waals surface area contributed by atoms with Gasteiger partial charge in [-0.15, -0.1) is 11.3 Å². The molecule has 25 heavy (non-hydrogen) atoms. The van der Waals surface area contributed by atoms with Crippen LogP contribution in [0.3, 0.4) is 0 Å². The van der Waals surface area contributed by atoms with E-state index in [2.05, 4.69) is 0 Å². The maximum absolute atomic E-state index is 14.1. The van der Waals surface area contributed by atoms with Gasteiger partial charge in [-0.1, -0.05) is 30.3 Å². The van der Waals surface area contributed by atoms with Crippen molar-refractivity contribution in [2.75, 3.05) is 6.67 Å². The molecule has 3 aromatic rings. The minimum Gasteiger partial charge on any atom is -0.298 e.